The molecule has 120 valence electrons. The minimum absolute atomic E-state index is 0.723. The van der Waals surface area contributed by atoms with Crippen molar-refractivity contribution in [2.75, 3.05) is 33.2 Å². The third-order valence-electron chi connectivity index (χ3n) is 4.30. The van der Waals surface area contributed by atoms with Crippen LogP contribution < -0.4 is 5.32 Å². The summed E-state index contributed by atoms with van der Waals surface area (Å²) < 4.78 is 5.90. The summed E-state index contributed by atoms with van der Waals surface area (Å²) in [7, 11) is 2.20. The number of hydrogen-bond acceptors (Lipinski definition) is 4. The molecule has 1 aromatic rings. The lowest BCUT2D eigenvalue weighted by molar-refractivity contribution is 0.187. The second-order valence-electron chi connectivity index (χ2n) is 6.17. The summed E-state index contributed by atoms with van der Waals surface area (Å²) in [4.78, 5) is 4.99. The normalized spacial score (nSPS) is 19.7. The Morgan fingerprint density at radius 2 is 2.14 bits per heavy atom. The van der Waals surface area contributed by atoms with Crippen LogP contribution in [0.15, 0.2) is 16.5 Å². The number of likely N-dealkylation sites (tertiary alicyclic amines) is 1. The van der Waals surface area contributed by atoms with Gasteiger partial charge in [-0.2, -0.15) is 0 Å². The molecule has 21 heavy (non-hydrogen) atoms. The highest BCUT2D eigenvalue weighted by Gasteiger charge is 2.24. The second-order valence-corrected chi connectivity index (χ2v) is 6.17. The lowest BCUT2D eigenvalue weighted by Crippen LogP contribution is -2.38. The molecule has 1 unspecified atom stereocenters. The molecule has 4 heteroatoms. The number of nitrogens with one attached hydrogen (secondary N) is 1. The summed E-state index contributed by atoms with van der Waals surface area (Å²) >= 11 is 0. The van der Waals surface area contributed by atoms with Crippen LogP contribution >= 0.6 is 0 Å². The molecule has 0 aromatic carbocycles. The average molecular weight is 293 g/mol. The minimum atomic E-state index is 0.723. The van der Waals surface area contributed by atoms with Gasteiger partial charge in [-0.15, -0.1) is 0 Å². The molecule has 1 N–H and O–H groups in total. The number of likely N-dealkylation sites (N-methyl/N-ethyl adjacent to an activating group) is 2. The van der Waals surface area contributed by atoms with E-state index in [2.05, 4.69) is 48.1 Å². The van der Waals surface area contributed by atoms with E-state index in [-0.39, 0.29) is 0 Å². The Morgan fingerprint density at radius 3 is 2.90 bits per heavy atom. The number of furan rings is 1. The van der Waals surface area contributed by atoms with Crippen LogP contribution in [0.25, 0.3) is 0 Å². The van der Waals surface area contributed by atoms with Gasteiger partial charge in [0.05, 0.1) is 13.1 Å². The molecule has 1 saturated heterocycles. The van der Waals surface area contributed by atoms with Gasteiger partial charge >= 0.3 is 0 Å². The van der Waals surface area contributed by atoms with E-state index >= 15 is 0 Å². The van der Waals surface area contributed by atoms with E-state index in [1.807, 2.05) is 0 Å². The first-order chi connectivity index (χ1) is 10.2. The molecule has 2 heterocycles. The van der Waals surface area contributed by atoms with Crippen molar-refractivity contribution in [3.8, 4) is 0 Å². The van der Waals surface area contributed by atoms with Crippen LogP contribution in [0.3, 0.4) is 0 Å². The summed E-state index contributed by atoms with van der Waals surface area (Å²) in [6, 6.07) is 4.94. The monoisotopic (exact) mass is 293 g/mol. The summed E-state index contributed by atoms with van der Waals surface area (Å²) in [5.41, 5.74) is 0. The zero-order valence-electron chi connectivity index (χ0n) is 13.9. The summed E-state index contributed by atoms with van der Waals surface area (Å²) in [5, 5.41) is 3.38. The molecule has 0 radical (unpaired) electrons. The predicted octanol–water partition coefficient (Wildman–Crippen LogP) is 2.70. The molecule has 1 aromatic heterocycles. The highest BCUT2D eigenvalue weighted by atomic mass is 16.3. The zero-order valence-corrected chi connectivity index (χ0v) is 13.9. The Hall–Kier alpha value is -0.840. The molecule has 1 aliphatic rings. The van der Waals surface area contributed by atoms with E-state index in [0.29, 0.717) is 0 Å². The fourth-order valence-electron chi connectivity index (χ4n) is 3.20. The lowest BCUT2D eigenvalue weighted by atomic mass is 10.2. The van der Waals surface area contributed by atoms with Gasteiger partial charge in [-0.05, 0) is 58.1 Å². The van der Waals surface area contributed by atoms with Gasteiger partial charge in [0.2, 0.25) is 0 Å². The van der Waals surface area contributed by atoms with Crippen molar-refractivity contribution >= 4 is 0 Å². The van der Waals surface area contributed by atoms with E-state index in [1.165, 1.54) is 25.9 Å². The third-order valence-corrected chi connectivity index (χ3v) is 4.30. The highest BCUT2D eigenvalue weighted by molar-refractivity contribution is 5.07. The van der Waals surface area contributed by atoms with Gasteiger partial charge in [0.15, 0.2) is 0 Å². The minimum Gasteiger partial charge on any atom is -0.463 e. The second kappa shape index (κ2) is 8.57. The zero-order chi connectivity index (χ0) is 15.1. The fraction of sp³-hybridized carbons (Fsp3) is 0.765. The molecule has 1 aliphatic heterocycles. The van der Waals surface area contributed by atoms with E-state index in [9.17, 15) is 0 Å². The topological polar surface area (TPSA) is 31.6 Å². The molecule has 1 fully saturated rings. The van der Waals surface area contributed by atoms with Crippen LogP contribution in [0.5, 0.6) is 0 Å². The Bertz CT molecular complexity index is 404. The molecule has 0 spiro atoms. The average Bonchev–Trinajstić information content (AvgIpc) is 3.08. The van der Waals surface area contributed by atoms with Crippen molar-refractivity contribution < 1.29 is 4.42 Å². The summed E-state index contributed by atoms with van der Waals surface area (Å²) in [6.45, 7) is 10.8. The molecule has 2 rings (SSSR count). The maximum Gasteiger partial charge on any atom is 0.118 e. The Morgan fingerprint density at radius 1 is 1.33 bits per heavy atom. The van der Waals surface area contributed by atoms with Gasteiger partial charge in [-0.1, -0.05) is 13.8 Å². The summed E-state index contributed by atoms with van der Waals surface area (Å²) in [6.07, 6.45) is 3.84. The molecular formula is C17H31N3O. The molecular weight excluding hydrogens is 262 g/mol. The maximum atomic E-state index is 5.90. The predicted molar refractivity (Wildman–Crippen MR) is 87.3 cm³/mol. The molecule has 0 bridgehead atoms. The van der Waals surface area contributed by atoms with Crippen molar-refractivity contribution in [3.63, 3.8) is 0 Å². The van der Waals surface area contributed by atoms with Crippen LogP contribution in [0.1, 0.15) is 44.6 Å². The number of rotatable bonds is 9. The van der Waals surface area contributed by atoms with Crippen molar-refractivity contribution in [1.29, 1.82) is 0 Å². The third kappa shape index (κ3) is 5.13. The van der Waals surface area contributed by atoms with Crippen molar-refractivity contribution in [3.05, 3.63) is 23.7 Å². The molecule has 0 amide bonds. The van der Waals surface area contributed by atoms with Crippen molar-refractivity contribution in [2.24, 2.45) is 0 Å². The van der Waals surface area contributed by atoms with Gasteiger partial charge in [0.1, 0.15) is 11.5 Å². The Labute approximate surface area is 129 Å². The first-order valence-electron chi connectivity index (χ1n) is 8.43. The standard InChI is InChI=1S/C17H31N3O/c1-4-10-18-12-16-8-9-17(21-16)14-19(3)13-15-7-6-11-20(15)5-2/h8-9,15,18H,4-7,10-14H2,1-3H3. The van der Waals surface area contributed by atoms with Crippen LogP contribution in [0, 0.1) is 0 Å². The largest absolute Gasteiger partial charge is 0.463 e. The van der Waals surface area contributed by atoms with Gasteiger partial charge in [0.25, 0.3) is 0 Å². The van der Waals surface area contributed by atoms with Crippen molar-refractivity contribution in [1.82, 2.24) is 15.1 Å². The van der Waals surface area contributed by atoms with Crippen LogP contribution in [-0.2, 0) is 13.1 Å². The Kier molecular flexibility index (Phi) is 6.74. The van der Waals surface area contributed by atoms with Crippen LogP contribution in [0.4, 0.5) is 0 Å². The molecule has 1 atom stereocenters. The maximum absolute atomic E-state index is 5.90. The van der Waals surface area contributed by atoms with E-state index < -0.39 is 0 Å². The van der Waals surface area contributed by atoms with Gasteiger partial charge < -0.3 is 9.73 Å². The smallest absolute Gasteiger partial charge is 0.118 e. The van der Waals surface area contributed by atoms with Crippen molar-refractivity contribution in [2.45, 2.75) is 52.2 Å². The van der Waals surface area contributed by atoms with Gasteiger partial charge in [-0.3, -0.25) is 9.80 Å². The van der Waals surface area contributed by atoms with Gasteiger partial charge in [-0.25, -0.2) is 0 Å². The van der Waals surface area contributed by atoms with Crippen LogP contribution in [-0.4, -0.2) is 49.1 Å². The Balaban J connectivity index is 1.75. The molecule has 0 saturated carbocycles. The first-order valence-corrected chi connectivity index (χ1v) is 8.43. The lowest BCUT2D eigenvalue weighted by Gasteiger charge is -2.27. The fourth-order valence-corrected chi connectivity index (χ4v) is 3.20. The van der Waals surface area contributed by atoms with Crippen LogP contribution in [0.2, 0.25) is 0 Å². The van der Waals surface area contributed by atoms with E-state index in [4.69, 9.17) is 4.42 Å². The van der Waals surface area contributed by atoms with E-state index in [0.717, 1.165) is 50.2 Å². The number of nitrogens with zero attached hydrogens (tertiary/aromatic N) is 2. The summed E-state index contributed by atoms with van der Waals surface area (Å²) in [5.74, 6) is 2.12. The number of hydrogen-bond donors (Lipinski definition) is 1. The molecule has 4 nitrogen and oxygen atoms in total. The highest BCUT2D eigenvalue weighted by Crippen LogP contribution is 2.18. The quantitative estimate of drug-likeness (QED) is 0.709. The SMILES string of the molecule is CCCNCc1ccc(CN(C)CC2CCCN2CC)o1. The van der Waals surface area contributed by atoms with E-state index in [1.54, 1.807) is 0 Å². The van der Waals surface area contributed by atoms with Gasteiger partial charge in [0, 0.05) is 12.6 Å². The first kappa shape index (κ1) is 16.5. The molecule has 0 aliphatic carbocycles.